The molecule has 1 N–H and O–H groups in total. The van der Waals surface area contributed by atoms with Crippen molar-refractivity contribution in [3.63, 3.8) is 0 Å². The third-order valence-corrected chi connectivity index (χ3v) is 1.26. The van der Waals surface area contributed by atoms with Crippen LogP contribution in [0.25, 0.3) is 0 Å². The highest BCUT2D eigenvalue weighted by atomic mass is 16.5. The molecule has 0 heterocycles. The number of esters is 1. The third kappa shape index (κ3) is 8.49. The Morgan fingerprint density at radius 1 is 1.28 bits per heavy atom. The highest BCUT2D eigenvalue weighted by molar-refractivity contribution is 5.88. The molecule has 0 saturated heterocycles. The van der Waals surface area contributed by atoms with Gasteiger partial charge in [-0.25, -0.2) is 19.2 Å². The minimum absolute atomic E-state index is 0.243. The zero-order valence-electron chi connectivity index (χ0n) is 9.67. The first-order valence-corrected chi connectivity index (χ1v) is 4.27. The Labute approximate surface area is 102 Å². The van der Waals surface area contributed by atoms with Crippen LogP contribution in [0, 0.1) is 0 Å². The molecule has 8 nitrogen and oxygen atoms in total. The fourth-order valence-electron chi connectivity index (χ4n) is 0.504. The van der Waals surface area contributed by atoms with Crippen molar-refractivity contribution >= 4 is 24.1 Å². The van der Waals surface area contributed by atoms with Crippen molar-refractivity contribution < 1.29 is 29.0 Å². The van der Waals surface area contributed by atoms with Gasteiger partial charge in [0.1, 0.15) is 0 Å². The number of carboxylic acids is 1. The summed E-state index contributed by atoms with van der Waals surface area (Å²) in [5.74, 6) is -1.95. The van der Waals surface area contributed by atoms with E-state index in [9.17, 15) is 19.2 Å². The van der Waals surface area contributed by atoms with Crippen LogP contribution >= 0.6 is 0 Å². The van der Waals surface area contributed by atoms with Crippen LogP contribution in [-0.4, -0.2) is 36.3 Å². The van der Waals surface area contributed by atoms with Crippen LogP contribution in [0.5, 0.6) is 0 Å². The Hall–Kier alpha value is -2.82. The minimum atomic E-state index is -1.22. The summed E-state index contributed by atoms with van der Waals surface area (Å²) in [6, 6.07) is 0. The molecule has 0 spiro atoms. The SMILES string of the molecule is C=C(N=C=O)C(=O)OC.CC=C(N=C=O)C(=O)O. The molecule has 0 fully saturated rings. The number of carbonyl (C=O) groups excluding carboxylic acids is 3. The van der Waals surface area contributed by atoms with E-state index < -0.39 is 11.9 Å². The lowest BCUT2D eigenvalue weighted by molar-refractivity contribution is -0.136. The van der Waals surface area contributed by atoms with Gasteiger partial charge in [-0.05, 0) is 6.92 Å². The van der Waals surface area contributed by atoms with E-state index in [1.54, 1.807) is 0 Å². The summed E-state index contributed by atoms with van der Waals surface area (Å²) in [5, 5.41) is 8.16. The number of carboxylic acid groups (broad SMARTS) is 1. The lowest BCUT2D eigenvalue weighted by atomic mass is 10.4. The maximum Gasteiger partial charge on any atom is 0.356 e. The lowest BCUT2D eigenvalue weighted by Crippen LogP contribution is -2.00. The van der Waals surface area contributed by atoms with Gasteiger partial charge in [-0.15, -0.1) is 0 Å². The molecule has 0 bridgehead atoms. The van der Waals surface area contributed by atoms with Gasteiger partial charge in [-0.3, -0.25) is 0 Å². The lowest BCUT2D eigenvalue weighted by Gasteiger charge is -1.91. The minimum Gasteiger partial charge on any atom is -0.476 e. The van der Waals surface area contributed by atoms with E-state index in [0.717, 1.165) is 12.2 Å². The summed E-state index contributed by atoms with van der Waals surface area (Å²) in [4.78, 5) is 45.1. The summed E-state index contributed by atoms with van der Waals surface area (Å²) in [6.07, 6.45) is 3.50. The summed E-state index contributed by atoms with van der Waals surface area (Å²) < 4.78 is 4.15. The maximum atomic E-state index is 10.3. The van der Waals surface area contributed by atoms with Gasteiger partial charge in [0.25, 0.3) is 0 Å². The van der Waals surface area contributed by atoms with Crippen molar-refractivity contribution in [3.8, 4) is 0 Å². The molecule has 0 atom stereocenters. The average molecular weight is 254 g/mol. The van der Waals surface area contributed by atoms with Gasteiger partial charge < -0.3 is 9.84 Å². The Bertz CT molecular complexity index is 449. The number of aliphatic carboxylic acids is 1. The van der Waals surface area contributed by atoms with Gasteiger partial charge >= 0.3 is 11.9 Å². The highest BCUT2D eigenvalue weighted by Crippen LogP contribution is 1.92. The maximum absolute atomic E-state index is 10.3. The van der Waals surface area contributed by atoms with Gasteiger partial charge in [0.05, 0.1) is 7.11 Å². The molecule has 0 aliphatic carbocycles. The van der Waals surface area contributed by atoms with Crippen molar-refractivity contribution in [2.75, 3.05) is 7.11 Å². The van der Waals surface area contributed by atoms with Crippen LogP contribution < -0.4 is 0 Å². The molecule has 96 valence electrons. The highest BCUT2D eigenvalue weighted by Gasteiger charge is 2.02. The van der Waals surface area contributed by atoms with E-state index in [1.165, 1.54) is 20.1 Å². The number of allylic oxidation sites excluding steroid dienone is 1. The monoisotopic (exact) mass is 254 g/mol. The van der Waals surface area contributed by atoms with Crippen LogP contribution in [0.4, 0.5) is 0 Å². The number of hydrogen-bond donors (Lipinski definition) is 1. The molecule has 0 aromatic carbocycles. The largest absolute Gasteiger partial charge is 0.476 e. The molecule has 0 rings (SSSR count). The van der Waals surface area contributed by atoms with Gasteiger partial charge in [0.15, 0.2) is 11.4 Å². The van der Waals surface area contributed by atoms with Crippen LogP contribution in [0.15, 0.2) is 34.0 Å². The summed E-state index contributed by atoms with van der Waals surface area (Å²) in [6.45, 7) is 4.59. The number of rotatable bonds is 4. The fourth-order valence-corrected chi connectivity index (χ4v) is 0.504. The molecule has 0 aromatic heterocycles. The van der Waals surface area contributed by atoms with E-state index in [4.69, 9.17) is 5.11 Å². The third-order valence-electron chi connectivity index (χ3n) is 1.26. The smallest absolute Gasteiger partial charge is 0.356 e. The van der Waals surface area contributed by atoms with Crippen molar-refractivity contribution in [1.82, 2.24) is 0 Å². The van der Waals surface area contributed by atoms with E-state index in [-0.39, 0.29) is 11.4 Å². The standard InChI is InChI=1S/2C5H5NO3/c1-4(6-3-7)5(8)9-2;1-2-4(5(8)9)6-3-7/h1H2,2H3;2H,1H3,(H,8,9). The van der Waals surface area contributed by atoms with Crippen molar-refractivity contribution in [2.45, 2.75) is 6.92 Å². The zero-order chi connectivity index (χ0) is 14.6. The normalized spacial score (nSPS) is 8.67. The number of carbonyl (C=O) groups is 2. The van der Waals surface area contributed by atoms with Crippen LogP contribution in [0.3, 0.4) is 0 Å². The molecule has 0 aliphatic rings. The second-order valence-electron chi connectivity index (χ2n) is 2.32. The fraction of sp³-hybridized carbons (Fsp3) is 0.200. The second kappa shape index (κ2) is 10.7. The van der Waals surface area contributed by atoms with Gasteiger partial charge in [-0.1, -0.05) is 12.7 Å². The second-order valence-corrected chi connectivity index (χ2v) is 2.32. The van der Waals surface area contributed by atoms with E-state index in [1.807, 2.05) is 0 Å². The first-order chi connectivity index (χ1) is 8.44. The van der Waals surface area contributed by atoms with Gasteiger partial charge in [0, 0.05) is 0 Å². The van der Waals surface area contributed by atoms with E-state index in [2.05, 4.69) is 21.3 Å². The molecular weight excluding hydrogens is 244 g/mol. The molecule has 8 heteroatoms. The van der Waals surface area contributed by atoms with E-state index in [0.29, 0.717) is 0 Å². The van der Waals surface area contributed by atoms with Crippen molar-refractivity contribution in [2.24, 2.45) is 9.98 Å². The molecule has 0 amide bonds. The number of ether oxygens (including phenoxy) is 1. The van der Waals surface area contributed by atoms with Gasteiger partial charge in [-0.2, -0.15) is 9.98 Å². The van der Waals surface area contributed by atoms with Crippen molar-refractivity contribution in [3.05, 3.63) is 24.0 Å². The Morgan fingerprint density at radius 2 is 1.78 bits per heavy atom. The van der Waals surface area contributed by atoms with Crippen LogP contribution in [0.2, 0.25) is 0 Å². The predicted octanol–water partition coefficient (Wildman–Crippen LogP) is 0.319. The Morgan fingerprint density at radius 3 is 2.00 bits per heavy atom. The Balaban J connectivity index is 0. The predicted molar refractivity (Wildman–Crippen MR) is 58.8 cm³/mol. The van der Waals surface area contributed by atoms with E-state index >= 15 is 0 Å². The summed E-state index contributed by atoms with van der Waals surface area (Å²) >= 11 is 0. The number of nitrogens with zero attached hydrogens (tertiary/aromatic N) is 2. The Kier molecular flexibility index (Phi) is 10.4. The number of aliphatic imine (C=N–C) groups is 2. The average Bonchev–Trinajstić information content (AvgIpc) is 2.35. The first-order valence-electron chi connectivity index (χ1n) is 4.27. The molecule has 0 radical (unpaired) electrons. The zero-order valence-corrected chi connectivity index (χ0v) is 9.67. The molecule has 0 aliphatic heterocycles. The summed E-state index contributed by atoms with van der Waals surface area (Å²) in [7, 11) is 1.17. The molecule has 0 unspecified atom stereocenters. The number of methoxy groups -OCH3 is 1. The molecular formula is C10H10N2O6. The topological polar surface area (TPSA) is 122 Å². The van der Waals surface area contributed by atoms with Gasteiger partial charge in [0.2, 0.25) is 12.2 Å². The molecule has 18 heavy (non-hydrogen) atoms. The van der Waals surface area contributed by atoms with Crippen molar-refractivity contribution in [1.29, 1.82) is 0 Å². The summed E-state index contributed by atoms with van der Waals surface area (Å²) in [5.41, 5.74) is -0.530. The quantitative estimate of drug-likeness (QED) is 0.333. The van der Waals surface area contributed by atoms with Crippen LogP contribution in [0.1, 0.15) is 6.92 Å². The molecule has 0 aromatic rings. The first kappa shape index (κ1) is 17.6. The van der Waals surface area contributed by atoms with Crippen LogP contribution in [-0.2, 0) is 23.9 Å². The molecule has 0 saturated carbocycles. The number of isocyanates is 2. The number of hydrogen-bond acceptors (Lipinski definition) is 7.